The van der Waals surface area contributed by atoms with Crippen LogP contribution in [0.15, 0.2) is 46.4 Å². The number of aromatic nitrogens is 2. The Morgan fingerprint density at radius 2 is 1.97 bits per heavy atom. The van der Waals surface area contributed by atoms with E-state index in [1.807, 2.05) is 52.8 Å². The normalized spacial score (nSPS) is 12.4. The van der Waals surface area contributed by atoms with Crippen molar-refractivity contribution in [2.75, 3.05) is 4.90 Å². The molecule has 1 N–H and O–H groups in total. The molecule has 0 saturated carbocycles. The van der Waals surface area contributed by atoms with Gasteiger partial charge in [0.25, 0.3) is 11.8 Å². The predicted molar refractivity (Wildman–Crippen MR) is 112 cm³/mol. The molecular weight excluding hydrogens is 388 g/mol. The number of hydrogen-bond donors (Lipinski definition) is 1. The fourth-order valence-corrected chi connectivity index (χ4v) is 3.41. The second-order valence-corrected chi connectivity index (χ2v) is 8.52. The highest BCUT2D eigenvalue weighted by Crippen LogP contribution is 2.33. The van der Waals surface area contributed by atoms with E-state index in [9.17, 15) is 9.59 Å². The van der Waals surface area contributed by atoms with Crippen molar-refractivity contribution >= 4 is 29.0 Å². The van der Waals surface area contributed by atoms with Crippen molar-refractivity contribution in [2.45, 2.75) is 46.2 Å². The largest absolute Gasteiger partial charge is 0.467 e. The molecule has 2 amide bonds. The number of carbonyl (C=O) groups is 2. The first-order valence-corrected chi connectivity index (χ1v) is 10.0. The summed E-state index contributed by atoms with van der Waals surface area (Å²) in [5.74, 6) is -0.396. The quantitative estimate of drug-likeness (QED) is 0.683. The van der Waals surface area contributed by atoms with Gasteiger partial charge in [0, 0.05) is 16.6 Å². The van der Waals surface area contributed by atoms with E-state index in [0.29, 0.717) is 11.4 Å². The van der Waals surface area contributed by atoms with Crippen LogP contribution in [0.4, 0.5) is 5.69 Å². The highest BCUT2D eigenvalue weighted by atomic mass is 32.1. The van der Waals surface area contributed by atoms with Crippen LogP contribution in [0.3, 0.4) is 0 Å². The highest BCUT2D eigenvalue weighted by Gasteiger charge is 2.38. The monoisotopic (exact) mass is 412 g/mol. The van der Waals surface area contributed by atoms with Gasteiger partial charge in [0.05, 0.1) is 6.26 Å². The molecule has 152 valence electrons. The van der Waals surface area contributed by atoms with Gasteiger partial charge in [-0.25, -0.2) is 0 Å². The third-order valence-electron chi connectivity index (χ3n) is 4.24. The van der Waals surface area contributed by atoms with E-state index >= 15 is 0 Å². The van der Waals surface area contributed by atoms with Gasteiger partial charge in [-0.1, -0.05) is 16.6 Å². The molecule has 1 unspecified atom stereocenters. The van der Waals surface area contributed by atoms with Crippen molar-refractivity contribution in [1.82, 2.24) is 14.9 Å². The number of furan rings is 1. The van der Waals surface area contributed by atoms with Crippen LogP contribution in [0, 0.1) is 13.8 Å². The van der Waals surface area contributed by atoms with Crippen LogP contribution < -0.4 is 10.2 Å². The number of aryl methyl sites for hydroxylation is 2. The third-order valence-corrected chi connectivity index (χ3v) is 4.74. The average molecular weight is 413 g/mol. The van der Waals surface area contributed by atoms with Crippen LogP contribution in [-0.4, -0.2) is 26.9 Å². The number of carbonyl (C=O) groups excluding carboxylic acids is 2. The molecule has 1 atom stereocenters. The first-order valence-electron chi connectivity index (χ1n) is 9.20. The van der Waals surface area contributed by atoms with Crippen molar-refractivity contribution in [1.29, 1.82) is 0 Å². The predicted octanol–water partition coefficient (Wildman–Crippen LogP) is 4.05. The summed E-state index contributed by atoms with van der Waals surface area (Å²) in [6.07, 6.45) is 1.49. The van der Waals surface area contributed by atoms with Gasteiger partial charge < -0.3 is 9.73 Å². The number of anilines is 1. The Morgan fingerprint density at radius 3 is 2.55 bits per heavy atom. The molecule has 0 spiro atoms. The zero-order valence-electron chi connectivity index (χ0n) is 17.1. The van der Waals surface area contributed by atoms with E-state index in [4.69, 9.17) is 4.42 Å². The van der Waals surface area contributed by atoms with Gasteiger partial charge in [-0.2, -0.15) is 0 Å². The molecule has 0 fully saturated rings. The van der Waals surface area contributed by atoms with Gasteiger partial charge >= 0.3 is 0 Å². The molecule has 3 aromatic rings. The molecule has 3 rings (SSSR count). The fraction of sp³-hybridized carbons (Fsp3) is 0.333. The maximum atomic E-state index is 13.5. The van der Waals surface area contributed by atoms with E-state index in [0.717, 1.165) is 22.7 Å². The Morgan fingerprint density at radius 1 is 1.21 bits per heavy atom. The fourth-order valence-electron chi connectivity index (χ4n) is 2.98. The van der Waals surface area contributed by atoms with Gasteiger partial charge in [0.15, 0.2) is 11.7 Å². The van der Waals surface area contributed by atoms with Crippen molar-refractivity contribution in [2.24, 2.45) is 0 Å². The summed E-state index contributed by atoms with van der Waals surface area (Å²) in [5.41, 5.74) is 2.13. The average Bonchev–Trinajstić information content (AvgIpc) is 3.33. The lowest BCUT2D eigenvalue weighted by molar-refractivity contribution is -0.124. The third kappa shape index (κ3) is 4.71. The lowest BCUT2D eigenvalue weighted by Gasteiger charge is -2.33. The second-order valence-electron chi connectivity index (χ2n) is 7.91. The Hall–Kier alpha value is -3.00. The van der Waals surface area contributed by atoms with Crippen molar-refractivity contribution in [3.05, 3.63) is 64.6 Å². The smallest absolute Gasteiger partial charge is 0.280 e. The number of nitrogens with one attached hydrogen (secondary N) is 1. The van der Waals surface area contributed by atoms with Gasteiger partial charge in [-0.3, -0.25) is 14.5 Å². The summed E-state index contributed by atoms with van der Waals surface area (Å²) in [6, 6.07) is 8.15. The Balaban J connectivity index is 2.19. The van der Waals surface area contributed by atoms with Gasteiger partial charge in [-0.05, 0) is 75.5 Å². The molecule has 0 bridgehead atoms. The lowest BCUT2D eigenvalue weighted by atomic mass is 10.0. The summed E-state index contributed by atoms with van der Waals surface area (Å²) in [4.78, 5) is 28.3. The van der Waals surface area contributed by atoms with E-state index in [2.05, 4.69) is 14.9 Å². The molecule has 29 heavy (non-hydrogen) atoms. The van der Waals surface area contributed by atoms with Crippen LogP contribution in [0.2, 0.25) is 0 Å². The molecule has 0 saturated heterocycles. The van der Waals surface area contributed by atoms with E-state index < -0.39 is 17.5 Å². The molecular formula is C21H24N4O3S. The first-order chi connectivity index (χ1) is 13.7. The van der Waals surface area contributed by atoms with Crippen molar-refractivity contribution in [3.8, 4) is 0 Å². The number of hydrogen-bond acceptors (Lipinski definition) is 6. The summed E-state index contributed by atoms with van der Waals surface area (Å²) in [7, 11) is 0. The van der Waals surface area contributed by atoms with E-state index in [1.54, 1.807) is 17.5 Å². The molecule has 0 aliphatic rings. The Bertz CT molecular complexity index is 992. The minimum atomic E-state index is -1.00. The summed E-state index contributed by atoms with van der Waals surface area (Å²) in [6.45, 7) is 9.50. The number of nitrogens with zero attached hydrogens (tertiary/aromatic N) is 3. The van der Waals surface area contributed by atoms with Crippen molar-refractivity contribution in [3.63, 3.8) is 0 Å². The van der Waals surface area contributed by atoms with Crippen LogP contribution in [0.25, 0.3) is 0 Å². The van der Waals surface area contributed by atoms with Gasteiger partial charge in [0.2, 0.25) is 0 Å². The SMILES string of the molecule is Cc1ccc(C)c(N(C(=O)c2csnn2)C(C(=O)NC(C)(C)C)c2ccco2)c1. The molecule has 0 aliphatic heterocycles. The zero-order valence-corrected chi connectivity index (χ0v) is 17.9. The molecule has 2 heterocycles. The van der Waals surface area contributed by atoms with Gasteiger partial charge in [-0.15, -0.1) is 5.10 Å². The maximum Gasteiger partial charge on any atom is 0.280 e. The summed E-state index contributed by atoms with van der Waals surface area (Å²) in [5, 5.41) is 8.46. The van der Waals surface area contributed by atoms with Crippen molar-refractivity contribution < 1.29 is 14.0 Å². The molecule has 1 aromatic carbocycles. The molecule has 8 heteroatoms. The van der Waals surface area contributed by atoms with Crippen LogP contribution in [-0.2, 0) is 4.79 Å². The van der Waals surface area contributed by atoms with Gasteiger partial charge in [0.1, 0.15) is 5.76 Å². The summed E-state index contributed by atoms with van der Waals surface area (Å²) >= 11 is 1.08. The minimum Gasteiger partial charge on any atom is -0.467 e. The number of benzene rings is 1. The molecule has 7 nitrogen and oxygen atoms in total. The summed E-state index contributed by atoms with van der Waals surface area (Å²) < 4.78 is 9.39. The zero-order chi connectivity index (χ0) is 21.2. The Labute approximate surface area is 173 Å². The topological polar surface area (TPSA) is 88.3 Å². The standard InChI is InChI=1S/C21H24N4O3S/c1-13-8-9-14(2)16(11-13)25(20(27)15-12-29-24-23-15)18(17-7-6-10-28-17)19(26)22-21(3,4)5/h6-12,18H,1-5H3,(H,22,26). The molecule has 0 aliphatic carbocycles. The Kier molecular flexibility index (Phi) is 5.83. The van der Waals surface area contributed by atoms with Crippen LogP contribution in [0.1, 0.15) is 54.2 Å². The number of amides is 2. The molecule has 2 aromatic heterocycles. The maximum absolute atomic E-state index is 13.5. The lowest BCUT2D eigenvalue weighted by Crippen LogP contribution is -2.49. The first kappa shape index (κ1) is 20.7. The second kappa shape index (κ2) is 8.16. The van der Waals surface area contributed by atoms with Crippen LogP contribution in [0.5, 0.6) is 0 Å². The minimum absolute atomic E-state index is 0.177. The molecule has 0 radical (unpaired) electrons. The van der Waals surface area contributed by atoms with E-state index in [-0.39, 0.29) is 11.6 Å². The van der Waals surface area contributed by atoms with E-state index in [1.165, 1.54) is 11.2 Å². The van der Waals surface area contributed by atoms with Crippen LogP contribution >= 0.6 is 11.5 Å². The highest BCUT2D eigenvalue weighted by molar-refractivity contribution is 7.03. The number of rotatable bonds is 5.